The maximum absolute atomic E-state index is 12.3. The molecule has 2 nitrogen and oxygen atoms in total. The predicted octanol–water partition coefficient (Wildman–Crippen LogP) is 4.94. The molecular formula is C19H16O2S. The molecule has 3 heteroatoms. The Labute approximate surface area is 133 Å². The predicted molar refractivity (Wildman–Crippen MR) is 90.5 cm³/mol. The summed E-state index contributed by atoms with van der Waals surface area (Å²) in [5.41, 5.74) is 2.20. The third-order valence-corrected chi connectivity index (χ3v) is 4.69. The van der Waals surface area contributed by atoms with E-state index < -0.39 is 0 Å². The zero-order valence-corrected chi connectivity index (χ0v) is 12.8. The van der Waals surface area contributed by atoms with Gasteiger partial charge in [0.05, 0.1) is 4.88 Å². The second-order valence-electron chi connectivity index (χ2n) is 5.12. The molecule has 0 radical (unpaired) electrons. The maximum Gasteiger partial charge on any atom is 0.173 e. The average Bonchev–Trinajstić information content (AvgIpc) is 3.04. The van der Waals surface area contributed by atoms with Crippen molar-refractivity contribution in [2.24, 2.45) is 0 Å². The number of phenolic OH excluding ortho intramolecular Hbond substituents is 1. The molecule has 0 spiro atoms. The van der Waals surface area contributed by atoms with E-state index in [1.165, 1.54) is 16.9 Å². The summed E-state index contributed by atoms with van der Waals surface area (Å²) in [4.78, 5) is 14.1. The van der Waals surface area contributed by atoms with Crippen LogP contribution in [0.4, 0.5) is 0 Å². The highest BCUT2D eigenvalue weighted by molar-refractivity contribution is 7.17. The molecule has 1 heterocycles. The number of carbonyl (C=O) groups excluding carboxylic acids is 1. The van der Waals surface area contributed by atoms with E-state index >= 15 is 0 Å². The Kier molecular flexibility index (Phi) is 4.35. The molecule has 0 amide bonds. The van der Waals surface area contributed by atoms with Crippen LogP contribution in [0.5, 0.6) is 5.75 Å². The molecule has 0 aliphatic carbocycles. The SMILES string of the molecule is O=C(CCc1ccccc1)c1ccc(-c2ccc(O)cc2)s1. The van der Waals surface area contributed by atoms with Gasteiger partial charge < -0.3 is 5.11 Å². The molecule has 0 saturated heterocycles. The fourth-order valence-corrected chi connectivity index (χ4v) is 3.27. The quantitative estimate of drug-likeness (QED) is 0.678. The summed E-state index contributed by atoms with van der Waals surface area (Å²) in [5.74, 6) is 0.429. The van der Waals surface area contributed by atoms with Gasteiger partial charge in [-0.15, -0.1) is 11.3 Å². The minimum atomic E-state index is 0.180. The summed E-state index contributed by atoms with van der Waals surface area (Å²) >= 11 is 1.50. The lowest BCUT2D eigenvalue weighted by Gasteiger charge is -2.00. The van der Waals surface area contributed by atoms with Crippen molar-refractivity contribution >= 4 is 17.1 Å². The smallest absolute Gasteiger partial charge is 0.173 e. The van der Waals surface area contributed by atoms with Crippen LogP contribution in [-0.2, 0) is 6.42 Å². The first-order valence-electron chi connectivity index (χ1n) is 7.19. The van der Waals surface area contributed by atoms with Crippen molar-refractivity contribution in [2.45, 2.75) is 12.8 Å². The van der Waals surface area contributed by atoms with E-state index in [-0.39, 0.29) is 11.5 Å². The van der Waals surface area contributed by atoms with E-state index in [1.54, 1.807) is 12.1 Å². The molecular weight excluding hydrogens is 292 g/mol. The summed E-state index contributed by atoms with van der Waals surface area (Å²) in [6.45, 7) is 0. The van der Waals surface area contributed by atoms with Crippen LogP contribution in [0.25, 0.3) is 10.4 Å². The van der Waals surface area contributed by atoms with Crippen molar-refractivity contribution in [3.63, 3.8) is 0 Å². The van der Waals surface area contributed by atoms with Crippen LogP contribution in [0.1, 0.15) is 21.7 Å². The van der Waals surface area contributed by atoms with E-state index in [1.807, 2.05) is 54.6 Å². The van der Waals surface area contributed by atoms with E-state index in [0.29, 0.717) is 6.42 Å². The second kappa shape index (κ2) is 6.58. The molecule has 0 fully saturated rings. The molecule has 0 bridgehead atoms. The number of phenols is 1. The minimum Gasteiger partial charge on any atom is -0.508 e. The molecule has 3 rings (SSSR count). The van der Waals surface area contributed by atoms with Crippen molar-refractivity contribution in [1.82, 2.24) is 0 Å². The third-order valence-electron chi connectivity index (χ3n) is 3.52. The lowest BCUT2D eigenvalue weighted by molar-refractivity contribution is 0.0986. The second-order valence-corrected chi connectivity index (χ2v) is 6.20. The molecule has 0 saturated carbocycles. The molecule has 3 aromatic rings. The standard InChI is InChI=1S/C19H16O2S/c20-16-9-7-15(8-10-16)18-12-13-19(22-18)17(21)11-6-14-4-2-1-3-5-14/h1-5,7-10,12-13,20H,6,11H2. The number of benzene rings is 2. The van der Waals surface area contributed by atoms with E-state index in [2.05, 4.69) is 0 Å². The Bertz CT molecular complexity index is 758. The third kappa shape index (κ3) is 3.43. The van der Waals surface area contributed by atoms with Crippen LogP contribution in [0, 0.1) is 0 Å². The number of thiophene rings is 1. The molecule has 1 N–H and O–H groups in total. The fraction of sp³-hybridized carbons (Fsp3) is 0.105. The zero-order chi connectivity index (χ0) is 15.4. The van der Waals surface area contributed by atoms with Crippen molar-refractivity contribution in [3.8, 4) is 16.2 Å². The van der Waals surface area contributed by atoms with E-state index in [0.717, 1.165) is 21.7 Å². The lowest BCUT2D eigenvalue weighted by Crippen LogP contribution is -1.98. The Morgan fingerprint density at radius 2 is 1.64 bits per heavy atom. The van der Waals surface area contributed by atoms with Gasteiger partial charge in [0.2, 0.25) is 0 Å². The number of aryl methyl sites for hydroxylation is 1. The highest BCUT2D eigenvalue weighted by Crippen LogP contribution is 2.30. The number of Topliss-reactive ketones (excluding diaryl/α,β-unsaturated/α-hetero) is 1. The zero-order valence-electron chi connectivity index (χ0n) is 12.0. The molecule has 2 aromatic carbocycles. The highest BCUT2D eigenvalue weighted by Gasteiger charge is 2.10. The topological polar surface area (TPSA) is 37.3 Å². The van der Waals surface area contributed by atoms with Crippen LogP contribution in [0.2, 0.25) is 0 Å². The van der Waals surface area contributed by atoms with Crippen LogP contribution < -0.4 is 0 Å². The molecule has 0 atom stereocenters. The van der Waals surface area contributed by atoms with Crippen molar-refractivity contribution < 1.29 is 9.90 Å². The summed E-state index contributed by atoms with van der Waals surface area (Å²) in [6, 6.07) is 21.0. The molecule has 0 aliphatic rings. The normalized spacial score (nSPS) is 10.5. The lowest BCUT2D eigenvalue weighted by atomic mass is 10.1. The maximum atomic E-state index is 12.3. The van der Waals surface area contributed by atoms with Gasteiger partial charge in [-0.05, 0) is 53.9 Å². The summed E-state index contributed by atoms with van der Waals surface area (Å²) < 4.78 is 0. The molecule has 0 unspecified atom stereocenters. The van der Waals surface area contributed by atoms with Gasteiger partial charge in [-0.25, -0.2) is 0 Å². The number of rotatable bonds is 5. The van der Waals surface area contributed by atoms with Crippen LogP contribution in [-0.4, -0.2) is 10.9 Å². The summed E-state index contributed by atoms with van der Waals surface area (Å²) in [7, 11) is 0. The number of ketones is 1. The van der Waals surface area contributed by atoms with Gasteiger partial charge in [-0.2, -0.15) is 0 Å². The molecule has 1 aromatic heterocycles. The van der Waals surface area contributed by atoms with Gasteiger partial charge in [0.25, 0.3) is 0 Å². The minimum absolute atomic E-state index is 0.180. The summed E-state index contributed by atoms with van der Waals surface area (Å²) in [5, 5.41) is 9.32. The van der Waals surface area contributed by atoms with E-state index in [9.17, 15) is 9.90 Å². The summed E-state index contributed by atoms with van der Waals surface area (Å²) in [6.07, 6.45) is 1.30. The Hall–Kier alpha value is -2.39. The molecule has 110 valence electrons. The molecule has 0 aliphatic heterocycles. The average molecular weight is 308 g/mol. The monoisotopic (exact) mass is 308 g/mol. The highest BCUT2D eigenvalue weighted by atomic mass is 32.1. The van der Waals surface area contributed by atoms with Gasteiger partial charge in [-0.3, -0.25) is 4.79 Å². The van der Waals surface area contributed by atoms with Crippen molar-refractivity contribution in [3.05, 3.63) is 77.2 Å². The van der Waals surface area contributed by atoms with Crippen LogP contribution in [0.3, 0.4) is 0 Å². The largest absolute Gasteiger partial charge is 0.508 e. The number of aromatic hydroxyl groups is 1. The Balaban J connectivity index is 1.68. The number of hydrogen-bond donors (Lipinski definition) is 1. The first-order chi connectivity index (χ1) is 10.7. The number of hydrogen-bond acceptors (Lipinski definition) is 3. The van der Waals surface area contributed by atoms with Crippen molar-refractivity contribution in [1.29, 1.82) is 0 Å². The fourth-order valence-electron chi connectivity index (χ4n) is 2.29. The Morgan fingerprint density at radius 3 is 2.36 bits per heavy atom. The van der Waals surface area contributed by atoms with Crippen molar-refractivity contribution in [2.75, 3.05) is 0 Å². The van der Waals surface area contributed by atoms with Gasteiger partial charge in [0.15, 0.2) is 5.78 Å². The first kappa shape index (κ1) is 14.5. The van der Waals surface area contributed by atoms with Crippen LogP contribution in [0.15, 0.2) is 66.7 Å². The molecule has 22 heavy (non-hydrogen) atoms. The van der Waals surface area contributed by atoms with Crippen LogP contribution >= 0.6 is 11.3 Å². The number of carbonyl (C=O) groups is 1. The first-order valence-corrected chi connectivity index (χ1v) is 8.00. The van der Waals surface area contributed by atoms with E-state index in [4.69, 9.17) is 0 Å². The van der Waals surface area contributed by atoms with Gasteiger partial charge in [0.1, 0.15) is 5.75 Å². The van der Waals surface area contributed by atoms with Gasteiger partial charge in [0, 0.05) is 11.3 Å². The Morgan fingerprint density at radius 1 is 0.909 bits per heavy atom. The van der Waals surface area contributed by atoms with Gasteiger partial charge in [-0.1, -0.05) is 30.3 Å². The van der Waals surface area contributed by atoms with Gasteiger partial charge >= 0.3 is 0 Å².